The third-order valence-electron chi connectivity index (χ3n) is 5.93. The van der Waals surface area contributed by atoms with Crippen LogP contribution in [0.25, 0.3) is 16.8 Å². The number of benzene rings is 2. The molecule has 0 aliphatic heterocycles. The smallest absolute Gasteiger partial charge is 0.260 e. The molecular formula is C27H23N3O. The van der Waals surface area contributed by atoms with E-state index in [2.05, 4.69) is 59.3 Å². The van der Waals surface area contributed by atoms with Crippen molar-refractivity contribution in [1.82, 2.24) is 9.55 Å². The molecule has 4 nitrogen and oxygen atoms in total. The van der Waals surface area contributed by atoms with Crippen LogP contribution in [0, 0.1) is 0 Å². The Bertz CT molecular complexity index is 1290. The Hall–Kier alpha value is -3.92. The number of rotatable bonds is 5. The fraction of sp³-hybridized carbons (Fsp3) is 0.111. The van der Waals surface area contributed by atoms with Crippen LogP contribution >= 0.6 is 0 Å². The highest BCUT2D eigenvalue weighted by Gasteiger charge is 2.27. The topological polar surface area (TPSA) is 46.9 Å². The lowest BCUT2D eigenvalue weighted by Crippen LogP contribution is -2.27. The van der Waals surface area contributed by atoms with Crippen molar-refractivity contribution in [2.24, 2.45) is 0 Å². The van der Waals surface area contributed by atoms with Gasteiger partial charge >= 0.3 is 0 Å². The van der Waals surface area contributed by atoms with Gasteiger partial charge in [0.25, 0.3) is 5.56 Å². The Morgan fingerprint density at radius 3 is 2.58 bits per heavy atom. The molecule has 0 saturated carbocycles. The summed E-state index contributed by atoms with van der Waals surface area (Å²) in [6, 6.07) is 24.4. The summed E-state index contributed by atoms with van der Waals surface area (Å²) < 4.78 is 1.86. The zero-order chi connectivity index (χ0) is 21.2. The van der Waals surface area contributed by atoms with Crippen LogP contribution in [-0.4, -0.2) is 9.55 Å². The van der Waals surface area contributed by atoms with Crippen LogP contribution in [0.2, 0.25) is 0 Å². The molecule has 0 fully saturated rings. The van der Waals surface area contributed by atoms with Crippen LogP contribution in [0.4, 0.5) is 5.69 Å². The maximum Gasteiger partial charge on any atom is 0.260 e. The van der Waals surface area contributed by atoms with Gasteiger partial charge in [0.15, 0.2) is 0 Å². The molecule has 4 heteroatoms. The van der Waals surface area contributed by atoms with Crippen LogP contribution in [0.15, 0.2) is 103 Å². The molecule has 0 amide bonds. The molecule has 0 spiro atoms. The van der Waals surface area contributed by atoms with E-state index in [4.69, 9.17) is 0 Å². The Labute approximate surface area is 181 Å². The van der Waals surface area contributed by atoms with Gasteiger partial charge in [-0.1, -0.05) is 55.1 Å². The first-order valence-electron chi connectivity index (χ1n) is 10.5. The van der Waals surface area contributed by atoms with E-state index in [1.807, 2.05) is 41.1 Å². The molecule has 2 aromatic carbocycles. The Balaban J connectivity index is 1.50. The molecule has 1 aliphatic rings. The largest absolute Gasteiger partial charge is 0.355 e. The zero-order valence-electron chi connectivity index (χ0n) is 17.2. The molecule has 1 unspecified atom stereocenters. The van der Waals surface area contributed by atoms with E-state index in [0.29, 0.717) is 11.3 Å². The summed E-state index contributed by atoms with van der Waals surface area (Å²) in [6.07, 6.45) is 7.17. The molecule has 4 aromatic rings. The van der Waals surface area contributed by atoms with Crippen LogP contribution in [0.5, 0.6) is 0 Å². The SMILES string of the molecule is C=C(Nc1ccncc1)c1cccn(C2CCc3c(-c4ccccc4)cccc32)c1=O. The second-order valence-electron chi connectivity index (χ2n) is 7.77. The number of aromatic nitrogens is 2. The number of hydrogen-bond acceptors (Lipinski definition) is 3. The van der Waals surface area contributed by atoms with Crippen molar-refractivity contribution < 1.29 is 0 Å². The summed E-state index contributed by atoms with van der Waals surface area (Å²) in [4.78, 5) is 17.4. The van der Waals surface area contributed by atoms with Crippen LogP contribution in [-0.2, 0) is 6.42 Å². The molecule has 2 aromatic heterocycles. The molecule has 1 aliphatic carbocycles. The lowest BCUT2D eigenvalue weighted by atomic mass is 9.96. The van der Waals surface area contributed by atoms with Gasteiger partial charge in [0.1, 0.15) is 0 Å². The van der Waals surface area contributed by atoms with Crippen molar-refractivity contribution in [3.8, 4) is 11.1 Å². The van der Waals surface area contributed by atoms with Gasteiger partial charge in [-0.3, -0.25) is 9.78 Å². The molecule has 152 valence electrons. The number of pyridine rings is 2. The van der Waals surface area contributed by atoms with Crippen LogP contribution in [0.3, 0.4) is 0 Å². The minimum absolute atomic E-state index is 0.0276. The predicted octanol–water partition coefficient (Wildman–Crippen LogP) is 5.53. The van der Waals surface area contributed by atoms with E-state index >= 15 is 0 Å². The molecule has 0 radical (unpaired) electrons. The van der Waals surface area contributed by atoms with E-state index < -0.39 is 0 Å². The van der Waals surface area contributed by atoms with Crippen molar-refractivity contribution >= 4 is 11.4 Å². The minimum atomic E-state index is -0.0305. The Morgan fingerprint density at radius 2 is 1.77 bits per heavy atom. The van der Waals surface area contributed by atoms with Crippen molar-refractivity contribution in [3.05, 3.63) is 125 Å². The zero-order valence-corrected chi connectivity index (χ0v) is 17.2. The standard InChI is InChI=1S/C27H23N3O/c1-19(29-21-14-16-28-17-15-21)22-11-6-18-30(27(22)31)26-13-12-24-23(9-5-10-25(24)26)20-7-3-2-4-8-20/h2-11,14-18,26H,1,12-13H2,(H,28,29). The van der Waals surface area contributed by atoms with Gasteiger partial charge in [0.2, 0.25) is 0 Å². The van der Waals surface area contributed by atoms with Gasteiger partial charge in [-0.2, -0.15) is 0 Å². The third-order valence-corrected chi connectivity index (χ3v) is 5.93. The summed E-state index contributed by atoms with van der Waals surface area (Å²) in [5, 5.41) is 3.22. The first-order chi connectivity index (χ1) is 15.2. The van der Waals surface area contributed by atoms with Gasteiger partial charge in [-0.05, 0) is 59.4 Å². The van der Waals surface area contributed by atoms with E-state index in [1.54, 1.807) is 12.4 Å². The maximum atomic E-state index is 13.4. The second-order valence-corrected chi connectivity index (χ2v) is 7.77. The highest BCUT2D eigenvalue weighted by Crippen LogP contribution is 2.39. The molecule has 31 heavy (non-hydrogen) atoms. The van der Waals surface area contributed by atoms with E-state index in [0.717, 1.165) is 18.5 Å². The number of anilines is 1. The molecular weight excluding hydrogens is 382 g/mol. The Kier molecular flexibility index (Phi) is 4.97. The number of nitrogens with one attached hydrogen (secondary N) is 1. The fourth-order valence-electron chi connectivity index (χ4n) is 4.47. The van der Waals surface area contributed by atoms with Crippen molar-refractivity contribution in [1.29, 1.82) is 0 Å². The quantitative estimate of drug-likeness (QED) is 0.475. The summed E-state index contributed by atoms with van der Waals surface area (Å²) >= 11 is 0. The van der Waals surface area contributed by atoms with Crippen molar-refractivity contribution in [2.75, 3.05) is 5.32 Å². The molecule has 5 rings (SSSR count). The monoisotopic (exact) mass is 405 g/mol. The average molecular weight is 406 g/mol. The number of hydrogen-bond donors (Lipinski definition) is 1. The van der Waals surface area contributed by atoms with Gasteiger partial charge in [-0.15, -0.1) is 0 Å². The second kappa shape index (κ2) is 8.07. The molecule has 2 heterocycles. The lowest BCUT2D eigenvalue weighted by molar-refractivity contribution is 0.560. The maximum absolute atomic E-state index is 13.4. The summed E-state index contributed by atoms with van der Waals surface area (Å²) in [5.74, 6) is 0. The van der Waals surface area contributed by atoms with Crippen LogP contribution < -0.4 is 10.9 Å². The van der Waals surface area contributed by atoms with E-state index in [9.17, 15) is 4.79 Å². The first-order valence-corrected chi connectivity index (χ1v) is 10.5. The number of fused-ring (bicyclic) bond motifs is 1. The Morgan fingerprint density at radius 1 is 0.968 bits per heavy atom. The normalized spacial score (nSPS) is 14.8. The van der Waals surface area contributed by atoms with Crippen molar-refractivity contribution in [2.45, 2.75) is 18.9 Å². The fourth-order valence-corrected chi connectivity index (χ4v) is 4.47. The average Bonchev–Trinajstić information content (AvgIpc) is 3.24. The summed E-state index contributed by atoms with van der Waals surface area (Å²) in [6.45, 7) is 4.10. The summed E-state index contributed by atoms with van der Waals surface area (Å²) in [5.41, 5.74) is 7.03. The van der Waals surface area contributed by atoms with Gasteiger partial charge in [0.05, 0.1) is 11.6 Å². The van der Waals surface area contributed by atoms with Gasteiger partial charge in [-0.25, -0.2) is 0 Å². The van der Waals surface area contributed by atoms with E-state index in [-0.39, 0.29) is 11.6 Å². The first kappa shape index (κ1) is 19.1. The number of nitrogens with zero attached hydrogens (tertiary/aromatic N) is 2. The minimum Gasteiger partial charge on any atom is -0.355 e. The van der Waals surface area contributed by atoms with Crippen molar-refractivity contribution in [3.63, 3.8) is 0 Å². The van der Waals surface area contributed by atoms with E-state index in [1.165, 1.54) is 22.3 Å². The third kappa shape index (κ3) is 3.57. The highest BCUT2D eigenvalue weighted by molar-refractivity contribution is 5.74. The van der Waals surface area contributed by atoms with Gasteiger partial charge in [0, 0.05) is 30.0 Å². The molecule has 1 N–H and O–H groups in total. The lowest BCUT2D eigenvalue weighted by Gasteiger charge is -2.18. The summed E-state index contributed by atoms with van der Waals surface area (Å²) in [7, 11) is 0. The van der Waals surface area contributed by atoms with Crippen LogP contribution in [0.1, 0.15) is 29.2 Å². The molecule has 1 atom stereocenters. The predicted molar refractivity (Wildman–Crippen MR) is 126 cm³/mol. The molecule has 0 bridgehead atoms. The van der Waals surface area contributed by atoms with Gasteiger partial charge < -0.3 is 9.88 Å². The molecule has 0 saturated heterocycles. The highest BCUT2D eigenvalue weighted by atomic mass is 16.1.